The molecule has 0 aliphatic heterocycles. The van der Waals surface area contributed by atoms with Crippen molar-refractivity contribution in [1.82, 2.24) is 20.2 Å². The molecule has 1 aromatic rings. The summed E-state index contributed by atoms with van der Waals surface area (Å²) < 4.78 is 1.73. The molecule has 0 radical (unpaired) electrons. The molecule has 6 heteroatoms. The van der Waals surface area contributed by atoms with Gasteiger partial charge in [-0.2, -0.15) is 0 Å². The highest BCUT2D eigenvalue weighted by Gasteiger charge is 2.24. The van der Waals surface area contributed by atoms with Gasteiger partial charge in [-0.25, -0.2) is 4.68 Å². The molecular formula is C12H20N4O2. The van der Waals surface area contributed by atoms with Crippen molar-refractivity contribution in [2.75, 3.05) is 0 Å². The van der Waals surface area contributed by atoms with Gasteiger partial charge in [0.25, 0.3) is 0 Å². The predicted molar refractivity (Wildman–Crippen MR) is 65.1 cm³/mol. The summed E-state index contributed by atoms with van der Waals surface area (Å²) in [5, 5.41) is 20.7. The molecule has 6 nitrogen and oxygen atoms in total. The van der Waals surface area contributed by atoms with Crippen molar-refractivity contribution in [2.45, 2.75) is 57.9 Å². The number of hydrogen-bond donors (Lipinski definition) is 1. The standard InChI is InChI=1S/C12H20N4O2/c1-2-4-10(8-12(17)18)16-11(13-14-15-16)7-9-5-3-6-9/h9-10H,2-8H2,1H3,(H,17,18). The third-order valence-corrected chi connectivity index (χ3v) is 3.63. The zero-order valence-electron chi connectivity index (χ0n) is 10.7. The molecule has 0 spiro atoms. The highest BCUT2D eigenvalue weighted by atomic mass is 16.4. The van der Waals surface area contributed by atoms with Gasteiger partial charge in [0, 0.05) is 6.42 Å². The number of carboxylic acid groups (broad SMARTS) is 1. The summed E-state index contributed by atoms with van der Waals surface area (Å²) in [6, 6.07) is -0.113. The lowest BCUT2D eigenvalue weighted by molar-refractivity contribution is -0.138. The topological polar surface area (TPSA) is 80.9 Å². The van der Waals surface area contributed by atoms with Gasteiger partial charge in [0.1, 0.15) is 0 Å². The average molecular weight is 252 g/mol. The fourth-order valence-electron chi connectivity index (χ4n) is 2.43. The Balaban J connectivity index is 2.07. The Morgan fingerprint density at radius 1 is 1.56 bits per heavy atom. The lowest BCUT2D eigenvalue weighted by Crippen LogP contribution is -2.21. The number of aliphatic carboxylic acids is 1. The first-order valence-electron chi connectivity index (χ1n) is 6.69. The zero-order valence-corrected chi connectivity index (χ0v) is 10.7. The van der Waals surface area contributed by atoms with Crippen molar-refractivity contribution in [3.63, 3.8) is 0 Å². The highest BCUT2D eigenvalue weighted by Crippen LogP contribution is 2.30. The monoisotopic (exact) mass is 252 g/mol. The maximum Gasteiger partial charge on any atom is 0.305 e. The van der Waals surface area contributed by atoms with Crippen molar-refractivity contribution in [2.24, 2.45) is 5.92 Å². The summed E-state index contributed by atoms with van der Waals surface area (Å²) in [6.07, 6.45) is 6.48. The molecule has 18 heavy (non-hydrogen) atoms. The van der Waals surface area contributed by atoms with Crippen LogP contribution in [-0.2, 0) is 11.2 Å². The van der Waals surface area contributed by atoms with Crippen LogP contribution < -0.4 is 0 Å². The van der Waals surface area contributed by atoms with E-state index in [4.69, 9.17) is 5.11 Å². The molecule has 1 atom stereocenters. The summed E-state index contributed by atoms with van der Waals surface area (Å²) in [5.41, 5.74) is 0. The van der Waals surface area contributed by atoms with E-state index in [9.17, 15) is 4.79 Å². The van der Waals surface area contributed by atoms with E-state index in [1.54, 1.807) is 4.68 Å². The highest BCUT2D eigenvalue weighted by molar-refractivity contribution is 5.67. The van der Waals surface area contributed by atoms with Crippen LogP contribution in [0.3, 0.4) is 0 Å². The quantitative estimate of drug-likeness (QED) is 0.800. The average Bonchev–Trinajstić information content (AvgIpc) is 2.70. The molecule has 1 saturated carbocycles. The molecule has 1 heterocycles. The zero-order chi connectivity index (χ0) is 13.0. The third-order valence-electron chi connectivity index (χ3n) is 3.63. The molecule has 1 N–H and O–H groups in total. The molecule has 0 bridgehead atoms. The van der Waals surface area contributed by atoms with Crippen molar-refractivity contribution < 1.29 is 9.90 Å². The Hall–Kier alpha value is -1.46. The number of rotatable bonds is 7. The minimum atomic E-state index is -0.793. The smallest absolute Gasteiger partial charge is 0.305 e. The molecule has 1 fully saturated rings. The minimum absolute atomic E-state index is 0.0938. The summed E-state index contributed by atoms with van der Waals surface area (Å²) in [4.78, 5) is 10.9. The molecule has 1 aliphatic carbocycles. The molecule has 1 unspecified atom stereocenters. The lowest BCUT2D eigenvalue weighted by Gasteiger charge is -2.25. The SMILES string of the molecule is CCCC(CC(=O)O)n1nnnc1CC1CCC1. The Bertz CT molecular complexity index is 401. The molecule has 0 aromatic carbocycles. The van der Waals surface area contributed by atoms with Gasteiger partial charge in [0.15, 0.2) is 5.82 Å². The first kappa shape index (κ1) is 13.0. The molecular weight excluding hydrogens is 232 g/mol. The van der Waals surface area contributed by atoms with Gasteiger partial charge < -0.3 is 5.11 Å². The fourth-order valence-corrected chi connectivity index (χ4v) is 2.43. The van der Waals surface area contributed by atoms with Crippen molar-refractivity contribution in [1.29, 1.82) is 0 Å². The normalized spacial score (nSPS) is 17.4. The molecule has 100 valence electrons. The largest absolute Gasteiger partial charge is 0.481 e. The van der Waals surface area contributed by atoms with Crippen LogP contribution >= 0.6 is 0 Å². The minimum Gasteiger partial charge on any atom is -0.481 e. The van der Waals surface area contributed by atoms with Gasteiger partial charge in [-0.1, -0.05) is 32.6 Å². The predicted octanol–water partition coefficient (Wildman–Crippen LogP) is 1.83. The Labute approximate surface area is 106 Å². The van der Waals surface area contributed by atoms with Crippen LogP contribution in [0.25, 0.3) is 0 Å². The summed E-state index contributed by atoms with van der Waals surface area (Å²) in [6.45, 7) is 2.05. The fraction of sp³-hybridized carbons (Fsp3) is 0.833. The second kappa shape index (κ2) is 5.93. The van der Waals surface area contributed by atoms with Crippen LogP contribution in [-0.4, -0.2) is 31.3 Å². The molecule has 1 aliphatic rings. The Morgan fingerprint density at radius 3 is 2.89 bits per heavy atom. The van der Waals surface area contributed by atoms with Crippen LogP contribution in [0, 0.1) is 5.92 Å². The molecule has 0 amide bonds. The van der Waals surface area contributed by atoms with E-state index in [1.165, 1.54) is 19.3 Å². The van der Waals surface area contributed by atoms with Crippen molar-refractivity contribution in [3.05, 3.63) is 5.82 Å². The first-order chi connectivity index (χ1) is 8.70. The van der Waals surface area contributed by atoms with E-state index in [0.29, 0.717) is 5.92 Å². The second-order valence-electron chi connectivity index (χ2n) is 5.08. The van der Waals surface area contributed by atoms with Crippen molar-refractivity contribution >= 4 is 5.97 Å². The maximum absolute atomic E-state index is 10.9. The number of tetrazole rings is 1. The molecule has 1 aromatic heterocycles. The van der Waals surface area contributed by atoms with E-state index in [2.05, 4.69) is 15.5 Å². The van der Waals surface area contributed by atoms with E-state index < -0.39 is 5.97 Å². The summed E-state index contributed by atoms with van der Waals surface area (Å²) in [7, 11) is 0. The van der Waals surface area contributed by atoms with Crippen LogP contribution in [0.2, 0.25) is 0 Å². The maximum atomic E-state index is 10.9. The Kier molecular flexibility index (Phi) is 4.28. The van der Waals surface area contributed by atoms with Crippen LogP contribution in [0.15, 0.2) is 0 Å². The van der Waals surface area contributed by atoms with Crippen LogP contribution in [0.4, 0.5) is 0 Å². The van der Waals surface area contributed by atoms with Crippen LogP contribution in [0.5, 0.6) is 0 Å². The van der Waals surface area contributed by atoms with Crippen molar-refractivity contribution in [3.8, 4) is 0 Å². The van der Waals surface area contributed by atoms with E-state index in [1.807, 2.05) is 6.92 Å². The van der Waals surface area contributed by atoms with Gasteiger partial charge in [0.05, 0.1) is 12.5 Å². The van der Waals surface area contributed by atoms with Gasteiger partial charge in [-0.05, 0) is 22.8 Å². The second-order valence-corrected chi connectivity index (χ2v) is 5.08. The van der Waals surface area contributed by atoms with Gasteiger partial charge >= 0.3 is 5.97 Å². The van der Waals surface area contributed by atoms with Gasteiger partial charge in [0.2, 0.25) is 0 Å². The van der Waals surface area contributed by atoms with Gasteiger partial charge in [-0.15, -0.1) is 5.10 Å². The third kappa shape index (κ3) is 3.05. The van der Waals surface area contributed by atoms with E-state index in [0.717, 1.165) is 25.1 Å². The number of aromatic nitrogens is 4. The number of hydrogen-bond acceptors (Lipinski definition) is 4. The summed E-state index contributed by atoms with van der Waals surface area (Å²) in [5.74, 6) is 0.736. The number of carboxylic acids is 1. The van der Waals surface area contributed by atoms with E-state index >= 15 is 0 Å². The lowest BCUT2D eigenvalue weighted by atomic mass is 9.83. The van der Waals surface area contributed by atoms with Crippen LogP contribution in [0.1, 0.15) is 57.3 Å². The van der Waals surface area contributed by atoms with E-state index in [-0.39, 0.29) is 12.5 Å². The molecule has 2 rings (SSSR count). The summed E-state index contributed by atoms with van der Waals surface area (Å²) >= 11 is 0. The number of nitrogens with zero attached hydrogens (tertiary/aromatic N) is 4. The Morgan fingerprint density at radius 2 is 2.33 bits per heavy atom. The number of carbonyl (C=O) groups is 1. The van der Waals surface area contributed by atoms with Gasteiger partial charge in [-0.3, -0.25) is 4.79 Å². The first-order valence-corrected chi connectivity index (χ1v) is 6.69. The molecule has 0 saturated heterocycles.